The zero-order valence-corrected chi connectivity index (χ0v) is 19.8. The number of piperidine rings is 1. The molecule has 1 fully saturated rings. The molecule has 170 valence electrons. The normalized spacial score (nSPS) is 15.7. The van der Waals surface area contributed by atoms with Crippen LogP contribution in [0, 0.1) is 0 Å². The zero-order valence-electron chi connectivity index (χ0n) is 17.4. The van der Waals surface area contributed by atoms with E-state index in [1.165, 1.54) is 22.5 Å². The summed E-state index contributed by atoms with van der Waals surface area (Å²) in [5, 5.41) is 0.232. The number of sulfonamides is 2. The van der Waals surface area contributed by atoms with Crippen LogP contribution in [0.5, 0.6) is 5.75 Å². The van der Waals surface area contributed by atoms with Crippen molar-refractivity contribution in [1.82, 2.24) is 9.03 Å². The maximum atomic E-state index is 12.7. The summed E-state index contributed by atoms with van der Waals surface area (Å²) in [4.78, 5) is 0.326. The summed E-state index contributed by atoms with van der Waals surface area (Å²) in [6, 6.07) is 10.9. The number of rotatable bonds is 9. The number of ether oxygens (including phenoxy) is 1. The lowest BCUT2D eigenvalue weighted by atomic mass is 10.2. The average Bonchev–Trinajstić information content (AvgIpc) is 2.76. The predicted octanol–water partition coefficient (Wildman–Crippen LogP) is 3.43. The summed E-state index contributed by atoms with van der Waals surface area (Å²) < 4.78 is 59.8. The van der Waals surface area contributed by atoms with Crippen molar-refractivity contribution in [3.63, 3.8) is 0 Å². The molecule has 1 aliphatic heterocycles. The molecule has 0 amide bonds. The molecule has 0 spiro atoms. The maximum Gasteiger partial charge on any atom is 0.243 e. The minimum Gasteiger partial charge on any atom is -0.492 e. The molecule has 0 bridgehead atoms. The van der Waals surface area contributed by atoms with Crippen molar-refractivity contribution in [1.29, 1.82) is 0 Å². The number of benzene rings is 2. The molecule has 0 saturated carbocycles. The molecule has 7 nitrogen and oxygen atoms in total. The van der Waals surface area contributed by atoms with Crippen molar-refractivity contribution in [2.45, 2.75) is 42.4 Å². The molecule has 3 rings (SSSR count). The highest BCUT2D eigenvalue weighted by atomic mass is 35.5. The van der Waals surface area contributed by atoms with E-state index in [2.05, 4.69) is 4.72 Å². The maximum absolute atomic E-state index is 12.7. The quantitative estimate of drug-likeness (QED) is 0.586. The summed E-state index contributed by atoms with van der Waals surface area (Å²) in [6.45, 7) is 3.54. The molecule has 1 heterocycles. The fourth-order valence-corrected chi connectivity index (χ4v) is 6.29. The molecule has 0 radical (unpaired) electrons. The van der Waals surface area contributed by atoms with Gasteiger partial charge in [-0.3, -0.25) is 0 Å². The van der Waals surface area contributed by atoms with E-state index in [1.807, 2.05) is 6.92 Å². The van der Waals surface area contributed by atoms with E-state index >= 15 is 0 Å². The lowest BCUT2D eigenvalue weighted by Crippen LogP contribution is -2.35. The van der Waals surface area contributed by atoms with Crippen molar-refractivity contribution in [2.75, 3.05) is 26.2 Å². The molecule has 1 N–H and O–H groups in total. The fourth-order valence-electron chi connectivity index (χ4n) is 3.42. The van der Waals surface area contributed by atoms with Gasteiger partial charge in [0.25, 0.3) is 0 Å². The van der Waals surface area contributed by atoms with Crippen LogP contribution in [-0.4, -0.2) is 47.4 Å². The van der Waals surface area contributed by atoms with Crippen LogP contribution in [0.2, 0.25) is 5.02 Å². The van der Waals surface area contributed by atoms with E-state index in [-0.39, 0.29) is 21.4 Å². The Bertz CT molecular complexity index is 1100. The van der Waals surface area contributed by atoms with Crippen LogP contribution in [0.3, 0.4) is 0 Å². The number of hydrogen-bond acceptors (Lipinski definition) is 5. The molecule has 31 heavy (non-hydrogen) atoms. The smallest absolute Gasteiger partial charge is 0.243 e. The Hall–Kier alpha value is -1.65. The number of halogens is 1. The molecule has 0 aliphatic carbocycles. The largest absolute Gasteiger partial charge is 0.492 e. The lowest BCUT2D eigenvalue weighted by Gasteiger charge is -2.25. The molecule has 2 aromatic carbocycles. The minimum absolute atomic E-state index is 0.0592. The molecular weight excluding hydrogens is 460 g/mol. The van der Waals surface area contributed by atoms with Crippen LogP contribution in [0.25, 0.3) is 0 Å². The lowest BCUT2D eigenvalue weighted by molar-refractivity contribution is 0.340. The highest BCUT2D eigenvalue weighted by Gasteiger charge is 2.25. The van der Waals surface area contributed by atoms with Gasteiger partial charge in [-0.15, -0.1) is 0 Å². The Morgan fingerprint density at radius 1 is 0.968 bits per heavy atom. The molecule has 0 aromatic heterocycles. The van der Waals surface area contributed by atoms with Crippen LogP contribution in [0.4, 0.5) is 0 Å². The molecule has 0 unspecified atom stereocenters. The first kappa shape index (κ1) is 24.0. The highest BCUT2D eigenvalue weighted by Crippen LogP contribution is 2.27. The van der Waals surface area contributed by atoms with Crippen molar-refractivity contribution in [2.24, 2.45) is 0 Å². The van der Waals surface area contributed by atoms with Gasteiger partial charge in [0.2, 0.25) is 20.0 Å². The summed E-state index contributed by atoms with van der Waals surface area (Å²) >= 11 is 6.08. The van der Waals surface area contributed by atoms with Gasteiger partial charge >= 0.3 is 0 Å². The minimum atomic E-state index is -3.72. The van der Waals surface area contributed by atoms with Gasteiger partial charge < -0.3 is 4.74 Å². The Balaban J connectivity index is 1.59. The van der Waals surface area contributed by atoms with Crippen LogP contribution >= 0.6 is 11.6 Å². The molecule has 0 atom stereocenters. The summed E-state index contributed by atoms with van der Waals surface area (Å²) in [5.74, 6) is 0.433. The van der Waals surface area contributed by atoms with E-state index in [0.717, 1.165) is 24.8 Å². The Labute approximate surface area is 189 Å². The van der Waals surface area contributed by atoms with Gasteiger partial charge in [-0.2, -0.15) is 4.31 Å². The van der Waals surface area contributed by atoms with Gasteiger partial charge in [0, 0.05) is 19.6 Å². The Kier molecular flexibility index (Phi) is 7.98. The first-order valence-corrected chi connectivity index (χ1v) is 13.6. The summed E-state index contributed by atoms with van der Waals surface area (Å²) in [5.41, 5.74) is 0.838. The third kappa shape index (κ3) is 5.98. The molecule has 1 saturated heterocycles. The molecule has 1 aliphatic rings. The second-order valence-corrected chi connectivity index (χ2v) is 11.4. The zero-order chi connectivity index (χ0) is 22.5. The summed E-state index contributed by atoms with van der Waals surface area (Å²) in [7, 11) is -7.19. The van der Waals surface area contributed by atoms with Gasteiger partial charge in [0.1, 0.15) is 5.75 Å². The van der Waals surface area contributed by atoms with Crippen molar-refractivity contribution in [3.05, 3.63) is 53.1 Å². The van der Waals surface area contributed by atoms with Gasteiger partial charge in [-0.1, -0.05) is 30.2 Å². The van der Waals surface area contributed by atoms with Gasteiger partial charge in [-0.25, -0.2) is 21.6 Å². The molecule has 10 heteroatoms. The van der Waals surface area contributed by atoms with Crippen LogP contribution < -0.4 is 9.46 Å². The van der Waals surface area contributed by atoms with Crippen molar-refractivity contribution < 1.29 is 21.6 Å². The number of nitrogens with zero attached hydrogens (tertiary/aromatic N) is 1. The Morgan fingerprint density at radius 2 is 1.61 bits per heavy atom. The standard InChI is InChI=1S/C21H27ClN2O5S2/c1-2-29-21-11-10-19(16-20(21)22)30(25,26)23-13-12-17-6-8-18(9-7-17)31(27,28)24-14-4-3-5-15-24/h6-11,16,23H,2-5,12-15H2,1H3. The number of hydrogen-bond donors (Lipinski definition) is 1. The van der Waals surface area contributed by atoms with Gasteiger partial charge in [0.15, 0.2) is 0 Å². The highest BCUT2D eigenvalue weighted by molar-refractivity contribution is 7.89. The van der Waals surface area contributed by atoms with Gasteiger partial charge in [0.05, 0.1) is 21.4 Å². The first-order chi connectivity index (χ1) is 14.7. The van der Waals surface area contributed by atoms with Crippen molar-refractivity contribution in [3.8, 4) is 5.75 Å². The predicted molar refractivity (Wildman–Crippen MR) is 121 cm³/mol. The second-order valence-electron chi connectivity index (χ2n) is 7.28. The Morgan fingerprint density at radius 3 is 2.23 bits per heavy atom. The van der Waals surface area contributed by atoms with Crippen LogP contribution in [0.15, 0.2) is 52.3 Å². The summed E-state index contributed by atoms with van der Waals surface area (Å²) in [6.07, 6.45) is 3.26. The first-order valence-electron chi connectivity index (χ1n) is 10.2. The monoisotopic (exact) mass is 486 g/mol. The second kappa shape index (κ2) is 10.3. The van der Waals surface area contributed by atoms with Gasteiger partial charge in [-0.05, 0) is 62.1 Å². The molecule has 2 aromatic rings. The van der Waals surface area contributed by atoms with Crippen molar-refractivity contribution >= 4 is 31.6 Å². The third-order valence-corrected chi connectivity index (χ3v) is 8.76. The number of nitrogens with one attached hydrogen (secondary N) is 1. The average molecular weight is 487 g/mol. The van der Waals surface area contributed by atoms with E-state index in [0.29, 0.717) is 31.9 Å². The van der Waals surface area contributed by atoms with Crippen LogP contribution in [0.1, 0.15) is 31.7 Å². The third-order valence-electron chi connectivity index (χ3n) is 5.10. The van der Waals surface area contributed by atoms with E-state index in [4.69, 9.17) is 16.3 Å². The van der Waals surface area contributed by atoms with E-state index in [1.54, 1.807) is 24.3 Å². The topological polar surface area (TPSA) is 92.8 Å². The van der Waals surface area contributed by atoms with E-state index in [9.17, 15) is 16.8 Å². The molecular formula is C21H27ClN2O5S2. The van der Waals surface area contributed by atoms with E-state index < -0.39 is 20.0 Å². The fraction of sp³-hybridized carbons (Fsp3) is 0.429. The SMILES string of the molecule is CCOc1ccc(S(=O)(=O)NCCc2ccc(S(=O)(=O)N3CCCCC3)cc2)cc1Cl. The van der Waals surface area contributed by atoms with Crippen LogP contribution in [-0.2, 0) is 26.5 Å².